The molecular weight excluding hydrogens is 415 g/mol. The average molecular weight is 433 g/mol. The van der Waals surface area contributed by atoms with Gasteiger partial charge in [-0.2, -0.15) is 18.3 Å². The zero-order valence-electron chi connectivity index (χ0n) is 17.0. The first-order valence-corrected chi connectivity index (χ1v) is 9.77. The zero-order valence-corrected chi connectivity index (χ0v) is 17.0. The summed E-state index contributed by atoms with van der Waals surface area (Å²) in [6.45, 7) is 1.37. The molecule has 0 bridgehead atoms. The number of nitrogens with two attached hydrogens (primary N) is 1. The summed E-state index contributed by atoms with van der Waals surface area (Å²) in [6, 6.07) is 16.2. The highest BCUT2D eigenvalue weighted by atomic mass is 19.4. The summed E-state index contributed by atoms with van der Waals surface area (Å²) in [5, 5.41) is 7.57. The molecule has 0 radical (unpaired) electrons. The van der Waals surface area contributed by atoms with E-state index in [-0.39, 0.29) is 17.5 Å². The van der Waals surface area contributed by atoms with Gasteiger partial charge in [0, 0.05) is 23.1 Å². The van der Waals surface area contributed by atoms with Crippen LogP contribution < -0.4 is 5.73 Å². The molecule has 1 aromatic heterocycles. The Kier molecular flexibility index (Phi) is 5.45. The first kappa shape index (κ1) is 21.2. The van der Waals surface area contributed by atoms with Crippen LogP contribution in [0, 0.1) is 18.8 Å². The van der Waals surface area contributed by atoms with Gasteiger partial charge in [-0.1, -0.05) is 42.2 Å². The molecular formula is C25H18F3N3O. The van der Waals surface area contributed by atoms with Crippen LogP contribution in [0.2, 0.25) is 0 Å². The number of nitrogens with zero attached hydrogens (tertiary/aromatic N) is 1. The summed E-state index contributed by atoms with van der Waals surface area (Å²) < 4.78 is 39.5. The number of nitrogens with one attached hydrogen (secondary N) is 1. The molecule has 0 aliphatic heterocycles. The van der Waals surface area contributed by atoms with Crippen LogP contribution in [0.5, 0.6) is 0 Å². The number of fused-ring (bicyclic) bond motifs is 1. The Labute approximate surface area is 182 Å². The van der Waals surface area contributed by atoms with Crippen molar-refractivity contribution in [2.24, 2.45) is 0 Å². The standard InChI is InChI=1S/C25H18F3N3O/c1-15-8-10-19(14-20(15)25(26,27)28)22(32)13-17-5-2-4-16(12-17)9-11-18-6-3-7-21-23(18)24(29)31-30-21/h2-8,10,12,14H,13H2,1H3,(H3,29,30,31). The normalized spacial score (nSPS) is 11.2. The van der Waals surface area contributed by atoms with Gasteiger partial charge >= 0.3 is 6.18 Å². The number of alkyl halides is 3. The number of benzene rings is 3. The fraction of sp³-hybridized carbons (Fsp3) is 0.120. The first-order chi connectivity index (χ1) is 15.2. The van der Waals surface area contributed by atoms with Gasteiger partial charge in [0.15, 0.2) is 11.6 Å². The smallest absolute Gasteiger partial charge is 0.382 e. The Morgan fingerprint density at radius 2 is 1.84 bits per heavy atom. The number of ketones is 1. The maximum atomic E-state index is 13.2. The maximum absolute atomic E-state index is 13.2. The van der Waals surface area contributed by atoms with Crippen LogP contribution in [-0.4, -0.2) is 16.0 Å². The van der Waals surface area contributed by atoms with E-state index in [0.29, 0.717) is 16.9 Å². The van der Waals surface area contributed by atoms with Crippen LogP contribution >= 0.6 is 0 Å². The number of H-pyrrole nitrogens is 1. The molecule has 0 fully saturated rings. The van der Waals surface area contributed by atoms with Crippen molar-refractivity contribution < 1.29 is 18.0 Å². The van der Waals surface area contributed by atoms with Crippen LogP contribution in [0.15, 0.2) is 60.7 Å². The van der Waals surface area contributed by atoms with Crippen LogP contribution in [0.25, 0.3) is 10.9 Å². The molecule has 0 spiro atoms. The number of carbonyl (C=O) groups excluding carboxylic acids is 1. The molecule has 0 unspecified atom stereocenters. The van der Waals surface area contributed by atoms with E-state index in [1.807, 2.05) is 18.2 Å². The summed E-state index contributed by atoms with van der Waals surface area (Å²) in [5.41, 5.74) is 8.06. The fourth-order valence-corrected chi connectivity index (χ4v) is 3.49. The molecule has 3 aromatic carbocycles. The predicted molar refractivity (Wildman–Crippen MR) is 117 cm³/mol. The second-order valence-corrected chi connectivity index (χ2v) is 7.41. The van der Waals surface area contributed by atoms with Crippen molar-refractivity contribution in [3.63, 3.8) is 0 Å². The summed E-state index contributed by atoms with van der Waals surface area (Å²) >= 11 is 0. The number of aromatic nitrogens is 2. The minimum Gasteiger partial charge on any atom is -0.382 e. The number of Topliss-reactive ketones (excluding diaryl/α,β-unsaturated/α-hetero) is 1. The number of rotatable bonds is 3. The van der Waals surface area contributed by atoms with Gasteiger partial charge < -0.3 is 5.73 Å². The highest BCUT2D eigenvalue weighted by Crippen LogP contribution is 2.32. The van der Waals surface area contributed by atoms with E-state index in [0.717, 1.165) is 22.5 Å². The van der Waals surface area contributed by atoms with E-state index < -0.39 is 17.5 Å². The van der Waals surface area contributed by atoms with E-state index >= 15 is 0 Å². The third kappa shape index (κ3) is 4.35. The molecule has 4 nitrogen and oxygen atoms in total. The molecule has 0 aliphatic carbocycles. The van der Waals surface area contributed by atoms with Crippen LogP contribution in [0.3, 0.4) is 0 Å². The van der Waals surface area contributed by atoms with Crippen molar-refractivity contribution in [2.45, 2.75) is 19.5 Å². The van der Waals surface area contributed by atoms with Crippen molar-refractivity contribution in [1.29, 1.82) is 0 Å². The molecule has 0 aliphatic rings. The van der Waals surface area contributed by atoms with Gasteiger partial charge in [-0.05, 0) is 48.4 Å². The lowest BCUT2D eigenvalue weighted by molar-refractivity contribution is -0.138. The molecule has 0 amide bonds. The summed E-state index contributed by atoms with van der Waals surface area (Å²) in [7, 11) is 0. The summed E-state index contributed by atoms with van der Waals surface area (Å²) in [5.74, 6) is 6.10. The molecule has 1 heterocycles. The number of aryl methyl sites for hydroxylation is 1. The van der Waals surface area contributed by atoms with E-state index in [2.05, 4.69) is 22.0 Å². The van der Waals surface area contributed by atoms with Crippen molar-refractivity contribution >= 4 is 22.5 Å². The summed E-state index contributed by atoms with van der Waals surface area (Å²) in [4.78, 5) is 12.6. The molecule has 32 heavy (non-hydrogen) atoms. The van der Waals surface area contributed by atoms with Crippen molar-refractivity contribution in [3.8, 4) is 11.8 Å². The third-order valence-electron chi connectivity index (χ3n) is 5.12. The van der Waals surface area contributed by atoms with E-state index in [9.17, 15) is 18.0 Å². The number of halogens is 3. The lowest BCUT2D eigenvalue weighted by atomic mass is 9.98. The number of hydrogen-bond acceptors (Lipinski definition) is 3. The topological polar surface area (TPSA) is 71.8 Å². The Balaban J connectivity index is 1.58. The summed E-state index contributed by atoms with van der Waals surface area (Å²) in [6.07, 6.45) is -4.53. The fourth-order valence-electron chi connectivity index (χ4n) is 3.49. The lowest BCUT2D eigenvalue weighted by Crippen LogP contribution is -2.11. The van der Waals surface area contributed by atoms with Gasteiger partial charge in [0.2, 0.25) is 0 Å². The van der Waals surface area contributed by atoms with Gasteiger partial charge in [0.1, 0.15) is 0 Å². The number of anilines is 1. The molecule has 0 saturated heterocycles. The Hall–Kier alpha value is -4.05. The van der Waals surface area contributed by atoms with E-state index in [1.54, 1.807) is 24.3 Å². The van der Waals surface area contributed by atoms with Crippen LogP contribution in [-0.2, 0) is 12.6 Å². The molecule has 4 rings (SSSR count). The molecule has 7 heteroatoms. The largest absolute Gasteiger partial charge is 0.416 e. The Morgan fingerprint density at radius 3 is 2.62 bits per heavy atom. The van der Waals surface area contributed by atoms with Gasteiger partial charge in [0.25, 0.3) is 0 Å². The van der Waals surface area contributed by atoms with E-state index in [4.69, 9.17) is 5.73 Å². The predicted octanol–water partition coefficient (Wildman–Crippen LogP) is 5.30. The maximum Gasteiger partial charge on any atom is 0.416 e. The minimum absolute atomic E-state index is 0.0276. The second kappa shape index (κ2) is 8.23. The number of hydrogen-bond donors (Lipinski definition) is 2. The Morgan fingerprint density at radius 1 is 1.06 bits per heavy atom. The molecule has 4 aromatic rings. The van der Waals surface area contributed by atoms with Crippen molar-refractivity contribution in [3.05, 3.63) is 94.0 Å². The zero-order chi connectivity index (χ0) is 22.9. The van der Waals surface area contributed by atoms with Gasteiger partial charge in [-0.15, -0.1) is 0 Å². The van der Waals surface area contributed by atoms with Crippen LogP contribution in [0.4, 0.5) is 19.0 Å². The van der Waals surface area contributed by atoms with E-state index in [1.165, 1.54) is 19.1 Å². The third-order valence-corrected chi connectivity index (χ3v) is 5.12. The number of nitrogen functional groups attached to an aromatic ring is 1. The van der Waals surface area contributed by atoms with Gasteiger partial charge in [-0.25, -0.2) is 0 Å². The SMILES string of the molecule is Cc1ccc(C(=O)Cc2cccc(C#Cc3cccc4[nH]nc(N)c34)c2)cc1C(F)(F)F. The van der Waals surface area contributed by atoms with Gasteiger partial charge in [0.05, 0.1) is 16.5 Å². The highest BCUT2D eigenvalue weighted by Gasteiger charge is 2.32. The number of carbonyl (C=O) groups is 1. The minimum atomic E-state index is -4.50. The molecule has 0 atom stereocenters. The van der Waals surface area contributed by atoms with Crippen molar-refractivity contribution in [1.82, 2.24) is 10.2 Å². The lowest BCUT2D eigenvalue weighted by Gasteiger charge is -2.11. The Bertz CT molecular complexity index is 1390. The quantitative estimate of drug-likeness (QED) is 0.340. The highest BCUT2D eigenvalue weighted by molar-refractivity contribution is 5.98. The second-order valence-electron chi connectivity index (χ2n) is 7.41. The van der Waals surface area contributed by atoms with Gasteiger partial charge in [-0.3, -0.25) is 9.89 Å². The van der Waals surface area contributed by atoms with Crippen LogP contribution in [0.1, 0.15) is 38.2 Å². The number of aromatic amines is 1. The molecule has 160 valence electrons. The van der Waals surface area contributed by atoms with Crippen molar-refractivity contribution in [2.75, 3.05) is 5.73 Å². The molecule has 3 N–H and O–H groups in total. The average Bonchev–Trinajstić information content (AvgIpc) is 3.13. The molecule has 0 saturated carbocycles. The first-order valence-electron chi connectivity index (χ1n) is 9.77. The monoisotopic (exact) mass is 433 g/mol.